The third kappa shape index (κ3) is 8.63. The van der Waals surface area contributed by atoms with Crippen LogP contribution in [0.15, 0.2) is 0 Å². The van der Waals surface area contributed by atoms with Crippen LogP contribution in [0.5, 0.6) is 0 Å². The standard InChI is InChI=1S/C33H56O21/c34-7-18-21(39)24(42)27(45)31(52-18)49-15-5-11(37)4-14-12(15)6-17(51-33-29(47)26(44)23(41)20(9-36)54-33)30(48-14)10-1-2-13(38)16(3-10)50-32-28(46)25(43)22(40)19(8-35)53-32/h10-47H,1-9H2/p+1. The number of ether oxygens (including phenoxy) is 7. The summed E-state index contributed by atoms with van der Waals surface area (Å²) < 4.78 is 40.3. The third-order valence-electron chi connectivity index (χ3n) is 12.0. The summed E-state index contributed by atoms with van der Waals surface area (Å²) in [5, 5.41) is 145. The maximum Gasteiger partial charge on any atom is 0.187 e. The highest BCUT2D eigenvalue weighted by Crippen LogP contribution is 2.44. The van der Waals surface area contributed by atoms with Gasteiger partial charge in [0.1, 0.15) is 79.4 Å². The van der Waals surface area contributed by atoms with Crippen molar-refractivity contribution in [2.45, 2.75) is 173 Å². The molecule has 24 atom stereocenters. The molecular formula is C33H57O21+. The summed E-state index contributed by atoms with van der Waals surface area (Å²) in [6.45, 7) is -2.08. The minimum atomic E-state index is -1.76. The second kappa shape index (κ2) is 18.0. The first-order chi connectivity index (χ1) is 25.7. The predicted molar refractivity (Wildman–Crippen MR) is 172 cm³/mol. The van der Waals surface area contributed by atoms with E-state index in [2.05, 4.69) is 0 Å². The van der Waals surface area contributed by atoms with E-state index in [0.29, 0.717) is 6.42 Å². The summed E-state index contributed by atoms with van der Waals surface area (Å²) in [5.74, 6) is -0.995. The van der Waals surface area contributed by atoms with E-state index in [0.717, 1.165) is 0 Å². The molecule has 6 rings (SSSR count). The molecule has 54 heavy (non-hydrogen) atoms. The fourth-order valence-electron chi connectivity index (χ4n) is 8.82. The summed E-state index contributed by atoms with van der Waals surface area (Å²) in [5.41, 5.74) is 0. The van der Waals surface area contributed by atoms with Gasteiger partial charge in [0, 0.05) is 18.8 Å². The second-order valence-corrected chi connectivity index (χ2v) is 15.5. The van der Waals surface area contributed by atoms with Crippen LogP contribution < -0.4 is 0 Å². The minimum Gasteiger partial charge on any atom is -0.427 e. The summed E-state index contributed by atoms with van der Waals surface area (Å²) >= 11 is 0. The molecule has 24 unspecified atom stereocenters. The largest absolute Gasteiger partial charge is 0.427 e. The van der Waals surface area contributed by atoms with Crippen LogP contribution in [-0.4, -0.2) is 231 Å². The van der Waals surface area contributed by atoms with E-state index in [1.807, 2.05) is 0 Å². The Bertz CT molecular complexity index is 1180. The monoisotopic (exact) mass is 789 g/mol. The van der Waals surface area contributed by atoms with Gasteiger partial charge in [0.05, 0.1) is 50.2 Å². The Balaban J connectivity index is 1.24. The zero-order valence-corrected chi connectivity index (χ0v) is 29.4. The third-order valence-corrected chi connectivity index (χ3v) is 12.0. The minimum absolute atomic E-state index is 0.0355. The molecule has 6 aliphatic rings. The predicted octanol–water partition coefficient (Wildman–Crippen LogP) is -7.86. The van der Waals surface area contributed by atoms with Gasteiger partial charge in [-0.15, -0.1) is 0 Å². The van der Waals surface area contributed by atoms with Crippen LogP contribution in [0.4, 0.5) is 0 Å². The number of hydrogen-bond donors (Lipinski definition) is 14. The Morgan fingerprint density at radius 2 is 0.907 bits per heavy atom. The fraction of sp³-hybridized carbons (Fsp3) is 1.00. The average molecular weight is 790 g/mol. The summed E-state index contributed by atoms with van der Waals surface area (Å²) in [6.07, 6.45) is -28.9. The second-order valence-electron chi connectivity index (χ2n) is 15.5. The van der Waals surface area contributed by atoms with Gasteiger partial charge in [0.2, 0.25) is 0 Å². The Morgan fingerprint density at radius 3 is 1.37 bits per heavy atom. The fourth-order valence-corrected chi connectivity index (χ4v) is 8.82. The normalized spacial score (nSPS) is 54.6. The Hall–Kier alpha value is -0.840. The van der Waals surface area contributed by atoms with Crippen LogP contribution in [0.2, 0.25) is 0 Å². The molecule has 0 bridgehead atoms. The van der Waals surface area contributed by atoms with Crippen LogP contribution in [0.1, 0.15) is 38.5 Å². The molecule has 4 heterocycles. The van der Waals surface area contributed by atoms with Crippen LogP contribution in [0.25, 0.3) is 0 Å². The first kappa shape index (κ1) is 42.8. The molecule has 21 nitrogen and oxygen atoms in total. The zero-order valence-electron chi connectivity index (χ0n) is 29.4. The molecule has 0 aromatic heterocycles. The number of rotatable bonds is 10. The van der Waals surface area contributed by atoms with Gasteiger partial charge in [-0.3, -0.25) is 0 Å². The van der Waals surface area contributed by atoms with Crippen molar-refractivity contribution in [3.05, 3.63) is 0 Å². The highest BCUT2D eigenvalue weighted by molar-refractivity contribution is 5.00. The van der Waals surface area contributed by atoms with Gasteiger partial charge in [0.15, 0.2) is 31.1 Å². The molecule has 2 saturated carbocycles. The lowest BCUT2D eigenvalue weighted by molar-refractivity contribution is -0.368. The molecule has 0 spiro atoms. The number of aliphatic hydroxyl groups excluding tert-OH is 14. The molecule has 0 radical (unpaired) electrons. The van der Waals surface area contributed by atoms with Crippen molar-refractivity contribution in [2.24, 2.45) is 11.8 Å². The highest BCUT2D eigenvalue weighted by atomic mass is 16.7. The number of aliphatic hydroxyl groups is 16. The molecule has 15 N–H and O–H groups in total. The SMILES string of the molecule is OCC1OC(OC2CC(C3[OH+]C4CC(O)CC(OC5OC(CO)C(O)C(O)C5O)C4CC3OC3OC(CO)C(O)C(O)C3O)CCC2O)C(O)C(O)C1O. The lowest BCUT2D eigenvalue weighted by Crippen LogP contribution is -2.64. The van der Waals surface area contributed by atoms with Crippen molar-refractivity contribution in [1.29, 1.82) is 0 Å². The van der Waals surface area contributed by atoms with Crippen LogP contribution in [0.3, 0.4) is 0 Å². The molecule has 6 fully saturated rings. The average Bonchev–Trinajstić information content (AvgIpc) is 3.16. The highest BCUT2D eigenvalue weighted by Gasteiger charge is 2.57. The maximum atomic E-state index is 11.0. The van der Waals surface area contributed by atoms with Gasteiger partial charge >= 0.3 is 0 Å². The number of fused-ring (bicyclic) bond motifs is 1. The van der Waals surface area contributed by atoms with E-state index in [-0.39, 0.29) is 32.1 Å². The molecule has 0 amide bonds. The summed E-state index contributed by atoms with van der Waals surface area (Å²) in [7, 11) is 0. The van der Waals surface area contributed by atoms with Gasteiger partial charge in [-0.2, -0.15) is 0 Å². The smallest absolute Gasteiger partial charge is 0.187 e. The first-order valence-electron chi connectivity index (χ1n) is 18.6. The van der Waals surface area contributed by atoms with Crippen molar-refractivity contribution in [3.8, 4) is 0 Å². The Labute approximate surface area is 309 Å². The maximum absolute atomic E-state index is 11.0. The van der Waals surface area contributed by atoms with E-state index >= 15 is 0 Å². The Morgan fingerprint density at radius 1 is 0.463 bits per heavy atom. The van der Waals surface area contributed by atoms with Crippen molar-refractivity contribution >= 4 is 0 Å². The first-order valence-corrected chi connectivity index (χ1v) is 18.6. The molecule has 0 aromatic rings. The van der Waals surface area contributed by atoms with E-state index in [1.165, 1.54) is 0 Å². The van der Waals surface area contributed by atoms with Crippen LogP contribution in [0, 0.1) is 11.8 Å². The van der Waals surface area contributed by atoms with Crippen molar-refractivity contribution in [2.75, 3.05) is 19.8 Å². The van der Waals surface area contributed by atoms with Crippen LogP contribution in [-0.2, 0) is 28.4 Å². The van der Waals surface area contributed by atoms with Crippen molar-refractivity contribution < 1.29 is 105 Å². The van der Waals surface area contributed by atoms with Gasteiger partial charge in [-0.25, -0.2) is 0 Å². The number of hydrogen-bond acceptors (Lipinski definition) is 20. The van der Waals surface area contributed by atoms with E-state index in [4.69, 9.17) is 33.2 Å². The van der Waals surface area contributed by atoms with Gasteiger partial charge in [-0.05, 0) is 25.7 Å². The van der Waals surface area contributed by atoms with E-state index in [9.17, 15) is 71.5 Å². The lowest BCUT2D eigenvalue weighted by Gasteiger charge is -2.50. The molecular weight excluding hydrogens is 732 g/mol. The molecule has 4 aliphatic heterocycles. The Kier molecular flexibility index (Phi) is 14.2. The molecule has 0 aromatic carbocycles. The molecule has 314 valence electrons. The molecule has 2 aliphatic carbocycles. The van der Waals surface area contributed by atoms with E-state index < -0.39 is 167 Å². The lowest BCUT2D eigenvalue weighted by atomic mass is 9.72. The topological polar surface area (TPSA) is 351 Å². The summed E-state index contributed by atoms with van der Waals surface area (Å²) in [6, 6.07) is 0. The van der Waals surface area contributed by atoms with Gasteiger partial charge in [-0.1, -0.05) is 0 Å². The van der Waals surface area contributed by atoms with Gasteiger partial charge in [0.25, 0.3) is 0 Å². The van der Waals surface area contributed by atoms with Crippen molar-refractivity contribution in [1.82, 2.24) is 0 Å². The zero-order chi connectivity index (χ0) is 39.2. The van der Waals surface area contributed by atoms with Crippen molar-refractivity contribution in [3.63, 3.8) is 0 Å². The molecule has 21 heteroatoms. The van der Waals surface area contributed by atoms with Crippen LogP contribution >= 0.6 is 0 Å². The van der Waals surface area contributed by atoms with Gasteiger partial charge < -0.3 is 105 Å². The quantitative estimate of drug-likeness (QED) is 0.0914. The summed E-state index contributed by atoms with van der Waals surface area (Å²) in [4.78, 5) is 0. The molecule has 4 saturated heterocycles. The van der Waals surface area contributed by atoms with E-state index in [1.54, 1.807) is 0 Å².